The number of rotatable bonds is 5. The molecule has 0 spiro atoms. The highest BCUT2D eigenvalue weighted by molar-refractivity contribution is 7.92. The summed E-state index contributed by atoms with van der Waals surface area (Å²) in [5, 5.41) is 0. The molecule has 1 amide bonds. The van der Waals surface area contributed by atoms with Gasteiger partial charge in [0.1, 0.15) is 5.69 Å². The molecular weight excluding hydrogens is 410 g/mol. The lowest BCUT2D eigenvalue weighted by molar-refractivity contribution is 0.0816. The largest absolute Gasteiger partial charge is 0.480 e. The Bertz CT molecular complexity index is 1220. The number of benzene rings is 1. The van der Waals surface area contributed by atoms with Crippen LogP contribution in [-0.4, -0.2) is 44.6 Å². The van der Waals surface area contributed by atoms with Gasteiger partial charge in [-0.05, 0) is 41.5 Å². The number of fused-ring (bicyclic) bond motifs is 1. The van der Waals surface area contributed by atoms with Crippen molar-refractivity contribution in [1.29, 1.82) is 0 Å². The van der Waals surface area contributed by atoms with Crippen molar-refractivity contribution in [1.82, 2.24) is 9.88 Å². The third-order valence-electron chi connectivity index (χ3n) is 4.60. The molecule has 0 saturated heterocycles. The van der Waals surface area contributed by atoms with E-state index in [2.05, 4.69) is 15.8 Å². The standard InChI is InChI=1S/C20H19N3O4S2/c1-23-11-14-8-12(4-5-15(14)20(23)24)17-6-7-18(28-17)13-9-16(22-29(3,25)26)19(27-2)21-10-13/h4-10,22H,11H2,1-3H3. The first-order chi connectivity index (χ1) is 13.7. The average Bonchev–Trinajstić information content (AvgIpc) is 3.26. The molecule has 0 radical (unpaired) electrons. The minimum Gasteiger partial charge on any atom is -0.480 e. The number of thiophene rings is 1. The molecule has 29 heavy (non-hydrogen) atoms. The Hall–Kier alpha value is -2.91. The Morgan fingerprint density at radius 3 is 2.55 bits per heavy atom. The van der Waals surface area contributed by atoms with Gasteiger partial charge in [-0.25, -0.2) is 13.4 Å². The zero-order chi connectivity index (χ0) is 20.8. The zero-order valence-electron chi connectivity index (χ0n) is 16.1. The number of carbonyl (C=O) groups is 1. The monoisotopic (exact) mass is 429 g/mol. The van der Waals surface area contributed by atoms with Gasteiger partial charge in [-0.2, -0.15) is 0 Å². The van der Waals surface area contributed by atoms with E-state index in [1.807, 2.05) is 24.3 Å². The minimum atomic E-state index is -3.46. The first kappa shape index (κ1) is 19.4. The van der Waals surface area contributed by atoms with Crippen molar-refractivity contribution in [3.63, 3.8) is 0 Å². The van der Waals surface area contributed by atoms with Crippen LogP contribution >= 0.6 is 11.3 Å². The van der Waals surface area contributed by atoms with Crippen LogP contribution in [0.2, 0.25) is 0 Å². The van der Waals surface area contributed by atoms with Gasteiger partial charge < -0.3 is 9.64 Å². The molecule has 9 heteroatoms. The van der Waals surface area contributed by atoms with E-state index in [1.165, 1.54) is 7.11 Å². The van der Waals surface area contributed by atoms with Gasteiger partial charge in [-0.3, -0.25) is 9.52 Å². The summed E-state index contributed by atoms with van der Waals surface area (Å²) in [6.07, 6.45) is 2.73. The van der Waals surface area contributed by atoms with Crippen LogP contribution in [0.4, 0.5) is 5.69 Å². The third kappa shape index (κ3) is 3.83. The SMILES string of the molecule is COc1ncc(-c2ccc(-c3ccc4c(c3)CN(C)C4=O)s2)cc1NS(C)(=O)=O. The molecule has 1 aromatic carbocycles. The lowest BCUT2D eigenvalue weighted by atomic mass is 10.1. The Morgan fingerprint density at radius 2 is 1.86 bits per heavy atom. The molecule has 0 bridgehead atoms. The van der Waals surface area contributed by atoms with Gasteiger partial charge in [0, 0.05) is 40.7 Å². The predicted molar refractivity (Wildman–Crippen MR) is 114 cm³/mol. The summed E-state index contributed by atoms with van der Waals surface area (Å²) in [6.45, 7) is 0.614. The van der Waals surface area contributed by atoms with Crippen LogP contribution in [-0.2, 0) is 16.6 Å². The van der Waals surface area contributed by atoms with Gasteiger partial charge in [-0.1, -0.05) is 6.07 Å². The number of hydrogen-bond acceptors (Lipinski definition) is 6. The summed E-state index contributed by atoms with van der Waals surface area (Å²) in [7, 11) is -0.225. The highest BCUT2D eigenvalue weighted by Crippen LogP contribution is 2.38. The Balaban J connectivity index is 1.67. The van der Waals surface area contributed by atoms with Crippen LogP contribution in [0.25, 0.3) is 20.9 Å². The number of aromatic nitrogens is 1. The van der Waals surface area contributed by atoms with E-state index >= 15 is 0 Å². The molecule has 0 atom stereocenters. The lowest BCUT2D eigenvalue weighted by Gasteiger charge is -2.10. The quantitative estimate of drug-likeness (QED) is 0.671. The smallest absolute Gasteiger partial charge is 0.254 e. The van der Waals surface area contributed by atoms with Crippen molar-refractivity contribution in [2.45, 2.75) is 6.54 Å². The number of pyridine rings is 1. The number of sulfonamides is 1. The number of amides is 1. The van der Waals surface area contributed by atoms with Gasteiger partial charge in [0.25, 0.3) is 5.91 Å². The van der Waals surface area contributed by atoms with Gasteiger partial charge in [0.15, 0.2) is 0 Å². The molecule has 3 aromatic rings. The predicted octanol–water partition coefficient (Wildman–Crippen LogP) is 3.44. The van der Waals surface area contributed by atoms with Crippen LogP contribution in [0, 0.1) is 0 Å². The second kappa shape index (κ2) is 7.16. The van der Waals surface area contributed by atoms with Crippen molar-refractivity contribution >= 4 is 33.0 Å². The molecule has 3 heterocycles. The first-order valence-electron chi connectivity index (χ1n) is 8.76. The van der Waals surface area contributed by atoms with Crippen LogP contribution < -0.4 is 9.46 Å². The normalized spacial score (nSPS) is 13.5. The molecule has 1 N–H and O–H groups in total. The number of nitrogens with one attached hydrogen (secondary N) is 1. The number of methoxy groups -OCH3 is 1. The third-order valence-corrected chi connectivity index (χ3v) is 6.38. The van der Waals surface area contributed by atoms with E-state index < -0.39 is 10.0 Å². The maximum absolute atomic E-state index is 12.1. The lowest BCUT2D eigenvalue weighted by Crippen LogP contribution is -2.17. The molecule has 1 aliphatic rings. The fourth-order valence-corrected chi connectivity index (χ4v) is 4.82. The van der Waals surface area contributed by atoms with Crippen molar-refractivity contribution in [3.05, 3.63) is 53.7 Å². The van der Waals surface area contributed by atoms with Crippen LogP contribution in [0.5, 0.6) is 5.88 Å². The maximum Gasteiger partial charge on any atom is 0.254 e. The Kier molecular flexibility index (Phi) is 4.79. The maximum atomic E-state index is 12.1. The summed E-state index contributed by atoms with van der Waals surface area (Å²) < 4.78 is 30.8. The number of nitrogens with zero attached hydrogens (tertiary/aromatic N) is 2. The van der Waals surface area contributed by atoms with E-state index in [0.29, 0.717) is 12.2 Å². The van der Waals surface area contributed by atoms with Crippen LogP contribution in [0.3, 0.4) is 0 Å². The van der Waals surface area contributed by atoms with Crippen molar-refractivity contribution in [3.8, 4) is 26.8 Å². The summed E-state index contributed by atoms with van der Waals surface area (Å²) in [5.41, 5.74) is 3.89. The molecule has 0 saturated carbocycles. The van der Waals surface area contributed by atoms with Gasteiger partial charge in [0.2, 0.25) is 15.9 Å². The van der Waals surface area contributed by atoms with Gasteiger partial charge in [0.05, 0.1) is 13.4 Å². The summed E-state index contributed by atoms with van der Waals surface area (Å²) in [5.74, 6) is 0.261. The zero-order valence-corrected chi connectivity index (χ0v) is 17.7. The number of ether oxygens (including phenoxy) is 1. The van der Waals surface area contributed by atoms with E-state index in [4.69, 9.17) is 4.74 Å². The van der Waals surface area contributed by atoms with Gasteiger partial charge in [-0.15, -0.1) is 11.3 Å². The molecule has 7 nitrogen and oxygen atoms in total. The number of hydrogen-bond donors (Lipinski definition) is 1. The molecule has 4 rings (SSSR count). The Labute approximate surface area is 173 Å². The summed E-state index contributed by atoms with van der Waals surface area (Å²) in [4.78, 5) is 20.0. The second-order valence-corrected chi connectivity index (χ2v) is 9.68. The highest BCUT2D eigenvalue weighted by atomic mass is 32.2. The molecule has 0 unspecified atom stereocenters. The van der Waals surface area contributed by atoms with E-state index in [9.17, 15) is 13.2 Å². The van der Waals surface area contributed by atoms with Crippen LogP contribution in [0.1, 0.15) is 15.9 Å². The first-order valence-corrected chi connectivity index (χ1v) is 11.5. The van der Waals surface area contributed by atoms with Crippen LogP contribution in [0.15, 0.2) is 42.6 Å². The van der Waals surface area contributed by atoms with Crippen molar-refractivity contribution in [2.24, 2.45) is 0 Å². The fraction of sp³-hybridized carbons (Fsp3) is 0.200. The average molecular weight is 430 g/mol. The molecule has 0 aliphatic carbocycles. The summed E-state index contributed by atoms with van der Waals surface area (Å²) >= 11 is 1.57. The minimum absolute atomic E-state index is 0.0497. The molecule has 2 aromatic heterocycles. The topological polar surface area (TPSA) is 88.6 Å². The summed E-state index contributed by atoms with van der Waals surface area (Å²) in [6, 6.07) is 11.6. The van der Waals surface area contributed by atoms with Crippen molar-refractivity contribution < 1.29 is 17.9 Å². The number of carbonyl (C=O) groups excluding carboxylic acids is 1. The van der Waals surface area contributed by atoms with E-state index in [1.54, 1.807) is 35.5 Å². The van der Waals surface area contributed by atoms with E-state index in [0.717, 1.165) is 38.3 Å². The molecular formula is C20H19N3O4S2. The molecule has 150 valence electrons. The molecule has 1 aliphatic heterocycles. The Morgan fingerprint density at radius 1 is 1.14 bits per heavy atom. The van der Waals surface area contributed by atoms with Crippen molar-refractivity contribution in [2.75, 3.05) is 25.1 Å². The number of anilines is 1. The van der Waals surface area contributed by atoms with E-state index in [-0.39, 0.29) is 11.8 Å². The highest BCUT2D eigenvalue weighted by Gasteiger charge is 2.24. The second-order valence-electron chi connectivity index (χ2n) is 6.85. The molecule has 0 fully saturated rings. The fourth-order valence-electron chi connectivity index (χ4n) is 3.29. The van der Waals surface area contributed by atoms with Gasteiger partial charge >= 0.3 is 0 Å².